The van der Waals surface area contributed by atoms with Crippen LogP contribution < -0.4 is 26.6 Å². The van der Waals surface area contributed by atoms with Crippen LogP contribution in [0.3, 0.4) is 0 Å². The topological polar surface area (TPSA) is 148 Å². The Labute approximate surface area is 187 Å². The van der Waals surface area contributed by atoms with Crippen LogP contribution in [0.25, 0.3) is 11.0 Å². The van der Waals surface area contributed by atoms with E-state index in [0.29, 0.717) is 28.2 Å². The average molecular weight is 442 g/mol. The van der Waals surface area contributed by atoms with Crippen molar-refractivity contribution in [2.75, 3.05) is 10.7 Å². The third-order valence-corrected chi connectivity index (χ3v) is 4.45. The van der Waals surface area contributed by atoms with Crippen molar-refractivity contribution in [2.24, 2.45) is 5.73 Å². The van der Waals surface area contributed by atoms with Crippen molar-refractivity contribution < 1.29 is 19.1 Å². The van der Waals surface area contributed by atoms with Gasteiger partial charge in [-0.3, -0.25) is 30.2 Å². The van der Waals surface area contributed by atoms with Gasteiger partial charge in [-0.25, -0.2) is 4.98 Å². The normalized spacial score (nSPS) is 10.3. The van der Waals surface area contributed by atoms with Crippen LogP contribution in [0.4, 0.5) is 11.5 Å². The Morgan fingerprint density at radius 3 is 2.27 bits per heavy atom. The number of carbonyl (C=O) groups is 3. The van der Waals surface area contributed by atoms with Gasteiger partial charge in [-0.15, -0.1) is 0 Å². The van der Waals surface area contributed by atoms with Crippen LogP contribution in [0.5, 0.6) is 11.5 Å². The molecule has 10 heteroatoms. The van der Waals surface area contributed by atoms with Gasteiger partial charge in [-0.2, -0.15) is 0 Å². The second-order valence-electron chi connectivity index (χ2n) is 6.76. The number of hydrogen-bond acceptors (Lipinski definition) is 7. The largest absolute Gasteiger partial charge is 0.457 e. The summed E-state index contributed by atoms with van der Waals surface area (Å²) in [6.45, 7) is 0. The first-order chi connectivity index (χ1) is 16.0. The van der Waals surface area contributed by atoms with Gasteiger partial charge in [-0.05, 0) is 48.5 Å². The predicted octanol–water partition coefficient (Wildman–Crippen LogP) is 2.60. The van der Waals surface area contributed by atoms with Crippen LogP contribution >= 0.6 is 0 Å². The second-order valence-corrected chi connectivity index (χ2v) is 6.76. The van der Waals surface area contributed by atoms with E-state index in [1.807, 2.05) is 18.2 Å². The standard InChI is InChI=1S/C23H18N6O4/c24-21(30)16-5-1-4-8-19(16)33-15-11-9-14(10-12-15)26-22(31)23(32)29-28-20-13-25-17-6-2-3-7-18(17)27-20/h1-13H,(H2,24,30)(H,26,31)(H,27,28)(H,29,32). The van der Waals surface area contributed by atoms with Gasteiger partial charge in [0.15, 0.2) is 5.82 Å². The number of para-hydroxylation sites is 3. The van der Waals surface area contributed by atoms with E-state index in [0.717, 1.165) is 0 Å². The Morgan fingerprint density at radius 1 is 0.818 bits per heavy atom. The maximum Gasteiger partial charge on any atom is 0.327 e. The number of primary amides is 1. The van der Waals surface area contributed by atoms with Gasteiger partial charge in [-0.1, -0.05) is 24.3 Å². The van der Waals surface area contributed by atoms with Crippen molar-refractivity contribution in [2.45, 2.75) is 0 Å². The van der Waals surface area contributed by atoms with Crippen LogP contribution in [-0.2, 0) is 9.59 Å². The number of rotatable bonds is 6. The Hall–Kier alpha value is -4.99. The number of ether oxygens (including phenoxy) is 1. The number of anilines is 2. The van der Waals surface area contributed by atoms with E-state index in [1.165, 1.54) is 6.20 Å². The number of nitrogens with two attached hydrogens (primary N) is 1. The maximum absolute atomic E-state index is 12.2. The van der Waals surface area contributed by atoms with Gasteiger partial charge in [0.05, 0.1) is 22.8 Å². The molecule has 5 N–H and O–H groups in total. The fourth-order valence-electron chi connectivity index (χ4n) is 2.88. The number of fused-ring (bicyclic) bond motifs is 1. The molecule has 164 valence electrons. The summed E-state index contributed by atoms with van der Waals surface area (Å²) in [5.74, 6) is -1.40. The van der Waals surface area contributed by atoms with Crippen LogP contribution in [0.1, 0.15) is 10.4 Å². The maximum atomic E-state index is 12.2. The van der Waals surface area contributed by atoms with Gasteiger partial charge in [0, 0.05) is 5.69 Å². The molecule has 1 aromatic heterocycles. The number of nitrogens with zero attached hydrogens (tertiary/aromatic N) is 2. The molecule has 0 aliphatic rings. The van der Waals surface area contributed by atoms with E-state index in [-0.39, 0.29) is 11.4 Å². The number of hydrogen-bond donors (Lipinski definition) is 4. The number of carbonyl (C=O) groups excluding carboxylic acids is 3. The highest BCUT2D eigenvalue weighted by molar-refractivity contribution is 6.39. The molecule has 0 saturated carbocycles. The van der Waals surface area contributed by atoms with Gasteiger partial charge in [0.2, 0.25) is 0 Å². The molecule has 0 aliphatic heterocycles. The Morgan fingerprint density at radius 2 is 1.52 bits per heavy atom. The fraction of sp³-hybridized carbons (Fsp3) is 0. The van der Waals surface area contributed by atoms with E-state index >= 15 is 0 Å². The highest BCUT2D eigenvalue weighted by Gasteiger charge is 2.14. The molecular formula is C23H18N6O4. The SMILES string of the molecule is NC(=O)c1ccccc1Oc1ccc(NC(=O)C(=O)NNc2cnc3ccccc3n2)cc1. The second kappa shape index (κ2) is 9.43. The zero-order chi connectivity index (χ0) is 23.2. The molecule has 3 amide bonds. The molecule has 10 nitrogen and oxygen atoms in total. The highest BCUT2D eigenvalue weighted by atomic mass is 16.5. The minimum Gasteiger partial charge on any atom is -0.457 e. The fourth-order valence-corrected chi connectivity index (χ4v) is 2.88. The van der Waals surface area contributed by atoms with Crippen molar-refractivity contribution in [3.63, 3.8) is 0 Å². The van der Waals surface area contributed by atoms with E-state index in [1.54, 1.807) is 54.6 Å². The summed E-state index contributed by atoms with van der Waals surface area (Å²) in [7, 11) is 0. The van der Waals surface area contributed by atoms with Crippen LogP contribution in [0.15, 0.2) is 79.0 Å². The molecule has 1 heterocycles. The zero-order valence-corrected chi connectivity index (χ0v) is 17.1. The number of nitrogens with one attached hydrogen (secondary N) is 3. The summed E-state index contributed by atoms with van der Waals surface area (Å²) in [6, 6.07) is 20.1. The molecule has 0 atom stereocenters. The van der Waals surface area contributed by atoms with Gasteiger partial charge in [0.1, 0.15) is 11.5 Å². The molecule has 33 heavy (non-hydrogen) atoms. The number of aromatic nitrogens is 2. The molecule has 0 saturated heterocycles. The Balaban J connectivity index is 1.33. The third kappa shape index (κ3) is 5.20. The molecule has 0 aliphatic carbocycles. The number of benzene rings is 3. The van der Waals surface area contributed by atoms with Crippen LogP contribution in [-0.4, -0.2) is 27.7 Å². The lowest BCUT2D eigenvalue weighted by atomic mass is 10.2. The minimum atomic E-state index is -0.916. The molecule has 0 fully saturated rings. The summed E-state index contributed by atoms with van der Waals surface area (Å²) < 4.78 is 5.68. The first-order valence-electron chi connectivity index (χ1n) is 9.75. The highest BCUT2D eigenvalue weighted by Crippen LogP contribution is 2.26. The predicted molar refractivity (Wildman–Crippen MR) is 121 cm³/mol. The Bertz CT molecular complexity index is 1340. The van der Waals surface area contributed by atoms with Crippen molar-refractivity contribution in [1.29, 1.82) is 0 Å². The third-order valence-electron chi connectivity index (χ3n) is 4.45. The molecule has 0 bridgehead atoms. The van der Waals surface area contributed by atoms with Gasteiger partial charge in [0.25, 0.3) is 5.91 Å². The lowest BCUT2D eigenvalue weighted by molar-refractivity contribution is -0.135. The van der Waals surface area contributed by atoms with Crippen LogP contribution in [0.2, 0.25) is 0 Å². The Kier molecular flexibility index (Phi) is 6.08. The lowest BCUT2D eigenvalue weighted by Gasteiger charge is -2.11. The summed E-state index contributed by atoms with van der Waals surface area (Å²) in [5.41, 5.74) is 12.1. The van der Waals surface area contributed by atoms with Crippen LogP contribution in [0, 0.1) is 0 Å². The zero-order valence-electron chi connectivity index (χ0n) is 17.1. The quantitative estimate of drug-likeness (QED) is 0.265. The van der Waals surface area contributed by atoms with Crippen molar-refractivity contribution in [1.82, 2.24) is 15.4 Å². The van der Waals surface area contributed by atoms with Crippen molar-refractivity contribution in [3.8, 4) is 11.5 Å². The molecule has 3 aromatic carbocycles. The summed E-state index contributed by atoms with van der Waals surface area (Å²) in [5, 5.41) is 2.47. The first-order valence-corrected chi connectivity index (χ1v) is 9.75. The molecular weight excluding hydrogens is 424 g/mol. The lowest BCUT2D eigenvalue weighted by Crippen LogP contribution is -2.39. The molecule has 0 spiro atoms. The van der Waals surface area contributed by atoms with E-state index in [4.69, 9.17) is 10.5 Å². The van der Waals surface area contributed by atoms with Crippen molar-refractivity contribution in [3.05, 3.63) is 84.6 Å². The summed E-state index contributed by atoms with van der Waals surface area (Å²) in [4.78, 5) is 44.2. The molecule has 0 unspecified atom stereocenters. The number of amides is 3. The average Bonchev–Trinajstić information content (AvgIpc) is 2.83. The molecule has 0 radical (unpaired) electrons. The van der Waals surface area contributed by atoms with Gasteiger partial charge >= 0.3 is 11.8 Å². The minimum absolute atomic E-state index is 0.246. The number of hydrazine groups is 1. The van der Waals surface area contributed by atoms with E-state index in [9.17, 15) is 14.4 Å². The monoisotopic (exact) mass is 442 g/mol. The molecule has 4 aromatic rings. The smallest absolute Gasteiger partial charge is 0.327 e. The first kappa shape index (κ1) is 21.2. The molecule has 4 rings (SSSR count). The van der Waals surface area contributed by atoms with E-state index in [2.05, 4.69) is 26.1 Å². The van der Waals surface area contributed by atoms with Gasteiger partial charge < -0.3 is 15.8 Å². The summed E-state index contributed by atoms with van der Waals surface area (Å²) >= 11 is 0. The van der Waals surface area contributed by atoms with Crippen molar-refractivity contribution >= 4 is 40.3 Å². The van der Waals surface area contributed by atoms with E-state index < -0.39 is 17.7 Å². The summed E-state index contributed by atoms with van der Waals surface area (Å²) in [6.07, 6.45) is 1.44.